The lowest BCUT2D eigenvalue weighted by molar-refractivity contribution is -0.116. The van der Waals surface area contributed by atoms with Gasteiger partial charge in [0.05, 0.1) is 5.75 Å². The van der Waals surface area contributed by atoms with E-state index in [-0.39, 0.29) is 11.9 Å². The van der Waals surface area contributed by atoms with Crippen LogP contribution < -0.4 is 9.64 Å². The molecule has 0 saturated heterocycles. The molecule has 1 atom stereocenters. The number of halogens is 1. The van der Waals surface area contributed by atoms with Gasteiger partial charge in [-0.25, -0.2) is 0 Å². The van der Waals surface area contributed by atoms with Crippen molar-refractivity contribution in [2.45, 2.75) is 51.5 Å². The summed E-state index contributed by atoms with van der Waals surface area (Å²) in [6.45, 7) is 7.06. The fraction of sp³-hybridized carbons (Fsp3) is 0.348. The first-order chi connectivity index (χ1) is 15.0. The Bertz CT molecular complexity index is 1100. The Labute approximate surface area is 191 Å². The predicted molar refractivity (Wildman–Crippen MR) is 124 cm³/mol. The molecule has 0 fully saturated rings. The molecule has 0 radical (unpaired) electrons. The molecule has 2 aromatic carbocycles. The van der Waals surface area contributed by atoms with Gasteiger partial charge in [-0.2, -0.15) is 0 Å². The molecule has 0 bridgehead atoms. The van der Waals surface area contributed by atoms with Crippen LogP contribution >= 0.6 is 23.4 Å². The minimum atomic E-state index is 0.0857. The normalized spacial score (nSPS) is 15.2. The van der Waals surface area contributed by atoms with E-state index in [0.717, 1.165) is 34.4 Å². The smallest absolute Gasteiger partial charge is 0.237 e. The molecule has 3 aromatic rings. The van der Waals surface area contributed by atoms with Crippen LogP contribution in [0.1, 0.15) is 30.8 Å². The van der Waals surface area contributed by atoms with Crippen molar-refractivity contribution in [2.75, 3.05) is 10.7 Å². The lowest BCUT2D eigenvalue weighted by Crippen LogP contribution is -2.37. The van der Waals surface area contributed by atoms with Crippen LogP contribution in [0.15, 0.2) is 47.6 Å². The van der Waals surface area contributed by atoms with Crippen LogP contribution in [-0.2, 0) is 24.4 Å². The van der Waals surface area contributed by atoms with Crippen LogP contribution in [0.5, 0.6) is 5.75 Å². The predicted octanol–water partition coefficient (Wildman–Crippen LogP) is 4.91. The molecular formula is C23H25ClN4O2S. The van der Waals surface area contributed by atoms with Gasteiger partial charge in [-0.3, -0.25) is 4.79 Å². The molecule has 162 valence electrons. The monoisotopic (exact) mass is 456 g/mol. The van der Waals surface area contributed by atoms with Crippen molar-refractivity contribution in [3.63, 3.8) is 0 Å². The lowest BCUT2D eigenvalue weighted by atomic mass is 10.1. The van der Waals surface area contributed by atoms with Crippen LogP contribution in [-0.4, -0.2) is 32.5 Å². The Morgan fingerprint density at radius 3 is 2.84 bits per heavy atom. The maximum absolute atomic E-state index is 13.0. The Kier molecular flexibility index (Phi) is 6.53. The minimum Gasteiger partial charge on any atom is -0.486 e. The Morgan fingerprint density at radius 1 is 1.26 bits per heavy atom. The zero-order valence-electron chi connectivity index (χ0n) is 17.8. The number of carbonyl (C=O) groups excluding carboxylic acids is 1. The minimum absolute atomic E-state index is 0.0857. The summed E-state index contributed by atoms with van der Waals surface area (Å²) in [5, 5.41) is 10.0. The van der Waals surface area contributed by atoms with Gasteiger partial charge in [-0.05, 0) is 62.6 Å². The number of rotatable bonds is 7. The number of carbonyl (C=O) groups is 1. The van der Waals surface area contributed by atoms with E-state index in [2.05, 4.69) is 23.2 Å². The first kappa shape index (κ1) is 21.7. The third kappa shape index (κ3) is 4.57. The summed E-state index contributed by atoms with van der Waals surface area (Å²) in [6.07, 6.45) is 0.892. The Hall–Kier alpha value is -2.51. The second kappa shape index (κ2) is 9.32. The van der Waals surface area contributed by atoms with E-state index in [4.69, 9.17) is 16.3 Å². The van der Waals surface area contributed by atoms with E-state index in [0.29, 0.717) is 23.9 Å². The number of hydrogen-bond donors (Lipinski definition) is 0. The molecule has 6 nitrogen and oxygen atoms in total. The zero-order valence-corrected chi connectivity index (χ0v) is 19.4. The molecule has 0 saturated carbocycles. The Balaban J connectivity index is 1.41. The summed E-state index contributed by atoms with van der Waals surface area (Å²) < 4.78 is 7.87. The fourth-order valence-electron chi connectivity index (χ4n) is 3.85. The SMILES string of the molecule is CCn1c(COc2ccc(Cl)c(C)c2)nnc1SCC(=O)N1c2ccccc2CC1C. The number of fused-ring (bicyclic) bond motifs is 1. The number of aryl methyl sites for hydroxylation is 1. The topological polar surface area (TPSA) is 60.2 Å². The number of thioether (sulfide) groups is 1. The highest BCUT2D eigenvalue weighted by Crippen LogP contribution is 2.33. The van der Waals surface area contributed by atoms with Crippen LogP contribution in [0.3, 0.4) is 0 Å². The largest absolute Gasteiger partial charge is 0.486 e. The molecule has 4 rings (SSSR count). The highest BCUT2D eigenvalue weighted by Gasteiger charge is 2.30. The molecule has 1 aliphatic heterocycles. The van der Waals surface area contributed by atoms with E-state index in [1.54, 1.807) is 0 Å². The van der Waals surface area contributed by atoms with Crippen molar-refractivity contribution in [3.8, 4) is 5.75 Å². The van der Waals surface area contributed by atoms with E-state index >= 15 is 0 Å². The molecule has 0 aliphatic carbocycles. The summed E-state index contributed by atoms with van der Waals surface area (Å²) in [4.78, 5) is 14.9. The standard InChI is InChI=1S/C23H25ClN4O2S/c1-4-27-21(13-30-18-9-10-19(24)15(2)11-18)25-26-23(27)31-14-22(29)28-16(3)12-17-7-5-6-8-20(17)28/h5-11,16H,4,12-14H2,1-3H3. The first-order valence-corrected chi connectivity index (χ1v) is 11.7. The first-order valence-electron chi connectivity index (χ1n) is 10.3. The van der Waals surface area contributed by atoms with E-state index in [1.807, 2.05) is 59.7 Å². The molecule has 1 aliphatic rings. The maximum atomic E-state index is 13.0. The average Bonchev–Trinajstić information content (AvgIpc) is 3.32. The number of amides is 1. The Morgan fingerprint density at radius 2 is 2.06 bits per heavy atom. The van der Waals surface area contributed by atoms with Crippen molar-refractivity contribution in [1.29, 1.82) is 0 Å². The van der Waals surface area contributed by atoms with Crippen molar-refractivity contribution in [1.82, 2.24) is 14.8 Å². The van der Waals surface area contributed by atoms with Crippen molar-refractivity contribution in [3.05, 3.63) is 64.4 Å². The molecule has 0 spiro atoms. The second-order valence-corrected chi connectivity index (χ2v) is 8.93. The number of hydrogen-bond acceptors (Lipinski definition) is 5. The van der Waals surface area contributed by atoms with Gasteiger partial charge in [0.2, 0.25) is 5.91 Å². The summed E-state index contributed by atoms with van der Waals surface area (Å²) >= 11 is 7.49. The molecule has 1 unspecified atom stereocenters. The van der Waals surface area contributed by atoms with Gasteiger partial charge in [0, 0.05) is 23.3 Å². The number of anilines is 1. The van der Waals surface area contributed by atoms with Gasteiger partial charge in [0.25, 0.3) is 0 Å². The van der Waals surface area contributed by atoms with Crippen LogP contribution in [0.4, 0.5) is 5.69 Å². The number of para-hydroxylation sites is 1. The molecule has 1 aromatic heterocycles. The quantitative estimate of drug-likeness (QED) is 0.473. The molecule has 31 heavy (non-hydrogen) atoms. The van der Waals surface area contributed by atoms with Gasteiger partial charge in [0.15, 0.2) is 11.0 Å². The van der Waals surface area contributed by atoms with Crippen LogP contribution in [0, 0.1) is 6.92 Å². The zero-order chi connectivity index (χ0) is 22.0. The number of benzene rings is 2. The average molecular weight is 457 g/mol. The third-order valence-electron chi connectivity index (χ3n) is 5.41. The fourth-order valence-corrected chi connectivity index (χ4v) is 4.84. The third-order valence-corrected chi connectivity index (χ3v) is 6.78. The maximum Gasteiger partial charge on any atom is 0.237 e. The van der Waals surface area contributed by atoms with E-state index in [1.165, 1.54) is 17.3 Å². The summed E-state index contributed by atoms with van der Waals surface area (Å²) in [7, 11) is 0. The number of aromatic nitrogens is 3. The number of nitrogens with zero attached hydrogens (tertiary/aromatic N) is 4. The summed E-state index contributed by atoms with van der Waals surface area (Å²) in [6, 6.07) is 13.8. The highest BCUT2D eigenvalue weighted by molar-refractivity contribution is 7.99. The summed E-state index contributed by atoms with van der Waals surface area (Å²) in [5.74, 6) is 1.86. The van der Waals surface area contributed by atoms with Gasteiger partial charge in [-0.1, -0.05) is 41.6 Å². The lowest BCUT2D eigenvalue weighted by Gasteiger charge is -2.22. The summed E-state index contributed by atoms with van der Waals surface area (Å²) in [5.41, 5.74) is 3.20. The van der Waals surface area contributed by atoms with Crippen LogP contribution in [0.2, 0.25) is 5.02 Å². The van der Waals surface area contributed by atoms with Crippen LogP contribution in [0.25, 0.3) is 0 Å². The molecule has 1 amide bonds. The second-order valence-electron chi connectivity index (χ2n) is 7.58. The molecule has 0 N–H and O–H groups in total. The highest BCUT2D eigenvalue weighted by atomic mass is 35.5. The van der Waals surface area contributed by atoms with E-state index in [9.17, 15) is 4.79 Å². The van der Waals surface area contributed by atoms with Gasteiger partial charge in [-0.15, -0.1) is 10.2 Å². The van der Waals surface area contributed by atoms with Crippen molar-refractivity contribution < 1.29 is 9.53 Å². The molecule has 2 heterocycles. The van der Waals surface area contributed by atoms with Crippen molar-refractivity contribution in [2.24, 2.45) is 0 Å². The van der Waals surface area contributed by atoms with Gasteiger partial charge < -0.3 is 14.2 Å². The van der Waals surface area contributed by atoms with E-state index < -0.39 is 0 Å². The molecular weight excluding hydrogens is 432 g/mol. The van der Waals surface area contributed by atoms with Gasteiger partial charge in [0.1, 0.15) is 12.4 Å². The molecule has 8 heteroatoms. The van der Waals surface area contributed by atoms with Crippen molar-refractivity contribution >= 4 is 35.0 Å². The van der Waals surface area contributed by atoms with Gasteiger partial charge >= 0.3 is 0 Å². The number of ether oxygens (including phenoxy) is 1.